The summed E-state index contributed by atoms with van der Waals surface area (Å²) in [6, 6.07) is 12.9. The van der Waals surface area contributed by atoms with Crippen LogP contribution in [0.4, 0.5) is 0 Å². The number of aromatic hydroxyl groups is 1. The molecule has 0 aromatic heterocycles. The van der Waals surface area contributed by atoms with Crippen molar-refractivity contribution < 1.29 is 14.2 Å². The fraction of sp³-hybridized carbons (Fsp3) is 0.333. The third-order valence-corrected chi connectivity index (χ3v) is 5.10. The normalized spacial score (nSPS) is 11.7. The van der Waals surface area contributed by atoms with Gasteiger partial charge in [-0.15, -0.1) is 0 Å². The Morgan fingerprint density at radius 2 is 1.61 bits per heavy atom. The van der Waals surface area contributed by atoms with Crippen molar-refractivity contribution in [1.82, 2.24) is 0 Å². The van der Waals surface area contributed by atoms with E-state index in [0.717, 1.165) is 10.9 Å². The van der Waals surface area contributed by atoms with Crippen LogP contribution in [0, 0.1) is 0 Å². The maximum atomic E-state index is 10.1. The van der Waals surface area contributed by atoms with Gasteiger partial charge >= 0.3 is 0 Å². The van der Waals surface area contributed by atoms with Gasteiger partial charge in [0.1, 0.15) is 5.75 Å². The van der Waals surface area contributed by atoms with Crippen LogP contribution in [-0.2, 0) is 9.05 Å². The van der Waals surface area contributed by atoms with Gasteiger partial charge in [0.25, 0.3) is 0 Å². The third kappa shape index (κ3) is 5.19. The van der Waals surface area contributed by atoms with E-state index in [1.165, 1.54) is 0 Å². The highest BCUT2D eigenvalue weighted by Crippen LogP contribution is 2.41. The molecule has 0 unspecified atom stereocenters. The van der Waals surface area contributed by atoms with Gasteiger partial charge in [-0.05, 0) is 63.6 Å². The molecule has 0 aliphatic heterocycles. The first-order valence-electron chi connectivity index (χ1n) is 7.59. The second-order valence-electron chi connectivity index (χ2n) is 5.78. The molecule has 0 saturated heterocycles. The van der Waals surface area contributed by atoms with E-state index in [0.29, 0.717) is 10.6 Å². The minimum Gasteiger partial charge on any atom is -0.507 e. The van der Waals surface area contributed by atoms with Crippen LogP contribution in [0.15, 0.2) is 42.5 Å². The van der Waals surface area contributed by atoms with Crippen LogP contribution in [0.25, 0.3) is 11.1 Å². The van der Waals surface area contributed by atoms with Crippen LogP contribution in [0.5, 0.6) is 5.75 Å². The van der Waals surface area contributed by atoms with E-state index in [1.54, 1.807) is 18.2 Å². The first-order valence-corrected chi connectivity index (χ1v) is 9.15. The van der Waals surface area contributed by atoms with Gasteiger partial charge in [0.2, 0.25) is 8.38 Å². The monoisotopic (exact) mass is 352 g/mol. The molecule has 0 bridgehead atoms. The molecule has 0 radical (unpaired) electrons. The molecule has 0 amide bonds. The van der Waals surface area contributed by atoms with Crippen molar-refractivity contribution in [3.8, 4) is 16.9 Å². The molecule has 0 fully saturated rings. The van der Waals surface area contributed by atoms with E-state index in [2.05, 4.69) is 0 Å². The first-order chi connectivity index (χ1) is 10.9. The second kappa shape index (κ2) is 8.12. The van der Waals surface area contributed by atoms with Gasteiger partial charge in [0.15, 0.2) is 0 Å². The Morgan fingerprint density at radius 3 is 2.22 bits per heavy atom. The Bertz CT molecular complexity index is 648. The maximum Gasteiger partial charge on any atom is 0.205 e. The van der Waals surface area contributed by atoms with E-state index in [4.69, 9.17) is 20.6 Å². The minimum absolute atomic E-state index is 0.0723. The number of phenolic OH excluding ortho intramolecular Hbond substituents is 1. The van der Waals surface area contributed by atoms with Crippen LogP contribution < -0.4 is 5.30 Å². The van der Waals surface area contributed by atoms with E-state index >= 15 is 0 Å². The highest BCUT2D eigenvalue weighted by Gasteiger charge is 2.18. The summed E-state index contributed by atoms with van der Waals surface area (Å²) in [5.41, 5.74) is 1.58. The number of phenols is 1. The molecule has 23 heavy (non-hydrogen) atoms. The summed E-state index contributed by atoms with van der Waals surface area (Å²) in [7, 11) is -1.17. The highest BCUT2D eigenvalue weighted by atomic mass is 35.5. The molecule has 124 valence electrons. The van der Waals surface area contributed by atoms with Gasteiger partial charge in [-0.2, -0.15) is 0 Å². The Kier molecular flexibility index (Phi) is 6.43. The molecule has 0 saturated carbocycles. The van der Waals surface area contributed by atoms with Crippen molar-refractivity contribution in [3.05, 3.63) is 47.5 Å². The van der Waals surface area contributed by atoms with Gasteiger partial charge in [0.05, 0.1) is 12.2 Å². The SMILES string of the molecule is CC(C)OP(OC(C)C)c1cccc(-c2cc(Cl)ccc2O)c1. The molecule has 2 aromatic rings. The van der Waals surface area contributed by atoms with Crippen LogP contribution >= 0.6 is 20.0 Å². The molecule has 0 aliphatic rings. The molecule has 5 heteroatoms. The molecule has 0 heterocycles. The lowest BCUT2D eigenvalue weighted by Gasteiger charge is -2.22. The number of hydrogen-bond donors (Lipinski definition) is 1. The van der Waals surface area contributed by atoms with Crippen LogP contribution in [0.3, 0.4) is 0 Å². The Hall–Kier alpha value is -1.12. The lowest BCUT2D eigenvalue weighted by Crippen LogP contribution is -2.13. The fourth-order valence-corrected chi connectivity index (χ4v) is 3.74. The number of benzene rings is 2. The van der Waals surface area contributed by atoms with Crippen LogP contribution in [0.2, 0.25) is 5.02 Å². The Balaban J connectivity index is 2.38. The Morgan fingerprint density at radius 1 is 0.957 bits per heavy atom. The van der Waals surface area contributed by atoms with Crippen LogP contribution in [-0.4, -0.2) is 17.3 Å². The van der Waals surface area contributed by atoms with Gasteiger partial charge < -0.3 is 14.2 Å². The van der Waals surface area contributed by atoms with Crippen molar-refractivity contribution in [1.29, 1.82) is 0 Å². The third-order valence-electron chi connectivity index (χ3n) is 2.94. The summed E-state index contributed by atoms with van der Waals surface area (Å²) in [4.78, 5) is 0. The molecule has 0 spiro atoms. The molecule has 0 atom stereocenters. The maximum absolute atomic E-state index is 10.1. The zero-order chi connectivity index (χ0) is 17.0. The molecule has 2 aromatic carbocycles. The predicted octanol–water partition coefficient (Wildman–Crippen LogP) is 5.50. The van der Waals surface area contributed by atoms with E-state index in [9.17, 15) is 5.11 Å². The van der Waals surface area contributed by atoms with Gasteiger partial charge in [0, 0.05) is 15.9 Å². The summed E-state index contributed by atoms with van der Waals surface area (Å²) >= 11 is 6.05. The molecule has 2 rings (SSSR count). The number of hydrogen-bond acceptors (Lipinski definition) is 3. The predicted molar refractivity (Wildman–Crippen MR) is 97.5 cm³/mol. The average molecular weight is 353 g/mol. The summed E-state index contributed by atoms with van der Waals surface area (Å²) in [6.07, 6.45) is 0.145. The van der Waals surface area contributed by atoms with E-state index in [-0.39, 0.29) is 18.0 Å². The summed E-state index contributed by atoms with van der Waals surface area (Å²) in [5.74, 6) is 0.199. The summed E-state index contributed by atoms with van der Waals surface area (Å²) in [5, 5.41) is 11.6. The van der Waals surface area contributed by atoms with Crippen LogP contribution in [0.1, 0.15) is 27.7 Å². The minimum atomic E-state index is -1.17. The van der Waals surface area contributed by atoms with Crippen molar-refractivity contribution in [3.63, 3.8) is 0 Å². The van der Waals surface area contributed by atoms with Crippen molar-refractivity contribution in [2.24, 2.45) is 0 Å². The van der Waals surface area contributed by atoms with Crippen molar-refractivity contribution in [2.75, 3.05) is 0 Å². The lowest BCUT2D eigenvalue weighted by molar-refractivity contribution is 0.183. The Labute approximate surface area is 144 Å². The van der Waals surface area contributed by atoms with Gasteiger partial charge in [-0.3, -0.25) is 0 Å². The quantitative estimate of drug-likeness (QED) is 0.698. The van der Waals surface area contributed by atoms with E-state index in [1.807, 2.05) is 52.0 Å². The van der Waals surface area contributed by atoms with Crippen molar-refractivity contribution >= 4 is 25.3 Å². The zero-order valence-electron chi connectivity index (χ0n) is 13.8. The molecule has 3 nitrogen and oxygen atoms in total. The lowest BCUT2D eigenvalue weighted by atomic mass is 10.1. The largest absolute Gasteiger partial charge is 0.507 e. The van der Waals surface area contributed by atoms with E-state index < -0.39 is 8.38 Å². The average Bonchev–Trinajstić information content (AvgIpc) is 2.48. The second-order valence-corrected chi connectivity index (χ2v) is 7.67. The topological polar surface area (TPSA) is 38.7 Å². The molecule has 1 N–H and O–H groups in total. The number of halogens is 1. The van der Waals surface area contributed by atoms with Crippen molar-refractivity contribution in [2.45, 2.75) is 39.9 Å². The first kappa shape index (κ1) is 18.2. The fourth-order valence-electron chi connectivity index (χ4n) is 2.06. The molecular weight excluding hydrogens is 331 g/mol. The smallest absolute Gasteiger partial charge is 0.205 e. The molecular formula is C18H22ClO3P. The zero-order valence-corrected chi connectivity index (χ0v) is 15.4. The highest BCUT2D eigenvalue weighted by molar-refractivity contribution is 7.56. The summed E-state index contributed by atoms with van der Waals surface area (Å²) < 4.78 is 11.9. The van der Waals surface area contributed by atoms with Gasteiger partial charge in [-0.1, -0.05) is 23.7 Å². The number of rotatable bonds is 6. The molecule has 0 aliphatic carbocycles. The standard InChI is InChI=1S/C18H22ClO3P/c1-12(2)21-23(22-13(3)4)16-7-5-6-14(10-16)17-11-15(19)8-9-18(17)20/h5-13,20H,1-4H3. The summed E-state index contributed by atoms with van der Waals surface area (Å²) in [6.45, 7) is 7.97. The van der Waals surface area contributed by atoms with Gasteiger partial charge in [-0.25, -0.2) is 0 Å².